The van der Waals surface area contributed by atoms with E-state index >= 15 is 0 Å². The molecule has 0 spiro atoms. The number of phenolic OH excluding ortho intramolecular Hbond substituents is 1. The van der Waals surface area contributed by atoms with Crippen LogP contribution >= 0.6 is 11.6 Å². The SMILES string of the molecule is Cc1cccc(C(=O)NC(CCl)Cc2ccccc2)c1O. The number of para-hydroxylation sites is 1. The Hall–Kier alpha value is -2.00. The smallest absolute Gasteiger partial charge is 0.255 e. The number of benzene rings is 2. The van der Waals surface area contributed by atoms with Crippen LogP contribution in [0.15, 0.2) is 48.5 Å². The van der Waals surface area contributed by atoms with Crippen LogP contribution in [-0.2, 0) is 6.42 Å². The van der Waals surface area contributed by atoms with Crippen molar-refractivity contribution in [2.75, 3.05) is 5.88 Å². The van der Waals surface area contributed by atoms with E-state index in [1.54, 1.807) is 25.1 Å². The first kappa shape index (κ1) is 15.4. The molecule has 0 heterocycles. The maximum atomic E-state index is 12.2. The molecule has 0 saturated carbocycles. The maximum Gasteiger partial charge on any atom is 0.255 e. The van der Waals surface area contributed by atoms with Crippen molar-refractivity contribution in [1.29, 1.82) is 0 Å². The number of hydrogen-bond acceptors (Lipinski definition) is 2. The van der Waals surface area contributed by atoms with Crippen LogP contribution in [0.2, 0.25) is 0 Å². The zero-order valence-electron chi connectivity index (χ0n) is 11.8. The van der Waals surface area contributed by atoms with Crippen LogP contribution in [0.25, 0.3) is 0 Å². The van der Waals surface area contributed by atoms with Crippen molar-refractivity contribution < 1.29 is 9.90 Å². The molecule has 0 radical (unpaired) electrons. The van der Waals surface area contributed by atoms with Gasteiger partial charge in [0, 0.05) is 11.9 Å². The van der Waals surface area contributed by atoms with Crippen molar-refractivity contribution in [3.63, 3.8) is 0 Å². The lowest BCUT2D eigenvalue weighted by molar-refractivity contribution is 0.0938. The molecule has 0 aromatic heterocycles. The van der Waals surface area contributed by atoms with Gasteiger partial charge >= 0.3 is 0 Å². The first-order valence-corrected chi connectivity index (χ1v) is 7.34. The third-order valence-electron chi connectivity index (χ3n) is 3.33. The van der Waals surface area contributed by atoms with Gasteiger partial charge in [0.15, 0.2) is 0 Å². The summed E-state index contributed by atoms with van der Waals surface area (Å²) in [5.41, 5.74) is 2.06. The Labute approximate surface area is 129 Å². The lowest BCUT2D eigenvalue weighted by atomic mass is 10.1. The first-order valence-electron chi connectivity index (χ1n) is 6.81. The highest BCUT2D eigenvalue weighted by Gasteiger charge is 2.17. The van der Waals surface area contributed by atoms with E-state index in [1.165, 1.54) is 0 Å². The molecule has 2 rings (SSSR count). The van der Waals surface area contributed by atoms with Gasteiger partial charge in [-0.2, -0.15) is 0 Å². The van der Waals surface area contributed by atoms with Gasteiger partial charge in [-0.1, -0.05) is 42.5 Å². The van der Waals surface area contributed by atoms with E-state index < -0.39 is 0 Å². The minimum Gasteiger partial charge on any atom is -0.507 e. The summed E-state index contributed by atoms with van der Waals surface area (Å²) in [6.07, 6.45) is 0.655. The minimum atomic E-state index is -0.308. The highest BCUT2D eigenvalue weighted by Crippen LogP contribution is 2.21. The van der Waals surface area contributed by atoms with Gasteiger partial charge in [-0.3, -0.25) is 4.79 Å². The van der Waals surface area contributed by atoms with Crippen molar-refractivity contribution >= 4 is 17.5 Å². The van der Waals surface area contributed by atoms with Gasteiger partial charge in [0.05, 0.1) is 5.56 Å². The number of alkyl halides is 1. The van der Waals surface area contributed by atoms with Crippen LogP contribution in [0.1, 0.15) is 21.5 Å². The predicted molar refractivity (Wildman–Crippen MR) is 85.0 cm³/mol. The van der Waals surface area contributed by atoms with E-state index in [4.69, 9.17) is 11.6 Å². The van der Waals surface area contributed by atoms with E-state index in [0.29, 0.717) is 17.9 Å². The van der Waals surface area contributed by atoms with Gasteiger partial charge in [0.1, 0.15) is 5.75 Å². The number of aryl methyl sites for hydroxylation is 1. The third kappa shape index (κ3) is 3.99. The fourth-order valence-electron chi connectivity index (χ4n) is 2.15. The number of phenols is 1. The van der Waals surface area contributed by atoms with Crippen LogP contribution in [0.4, 0.5) is 0 Å². The molecule has 0 saturated heterocycles. The van der Waals surface area contributed by atoms with Gasteiger partial charge in [0.25, 0.3) is 5.91 Å². The van der Waals surface area contributed by atoms with Crippen LogP contribution in [0.3, 0.4) is 0 Å². The first-order chi connectivity index (χ1) is 10.1. The second-order valence-corrected chi connectivity index (χ2v) is 5.29. The molecule has 0 aliphatic carbocycles. The lowest BCUT2D eigenvalue weighted by Gasteiger charge is -2.17. The summed E-state index contributed by atoms with van der Waals surface area (Å²) < 4.78 is 0. The van der Waals surface area contributed by atoms with Crippen LogP contribution in [-0.4, -0.2) is 22.9 Å². The average Bonchev–Trinajstić information content (AvgIpc) is 2.50. The Bertz CT molecular complexity index is 613. The molecule has 0 bridgehead atoms. The lowest BCUT2D eigenvalue weighted by Crippen LogP contribution is -2.37. The summed E-state index contributed by atoms with van der Waals surface area (Å²) in [4.78, 5) is 12.2. The molecule has 3 nitrogen and oxygen atoms in total. The molecule has 2 aromatic carbocycles. The van der Waals surface area contributed by atoms with E-state index in [1.807, 2.05) is 30.3 Å². The number of carbonyl (C=O) groups is 1. The molecule has 21 heavy (non-hydrogen) atoms. The largest absolute Gasteiger partial charge is 0.507 e. The molecule has 1 unspecified atom stereocenters. The fourth-order valence-corrected chi connectivity index (χ4v) is 2.33. The van der Waals surface area contributed by atoms with Crippen molar-refractivity contribution in [3.8, 4) is 5.75 Å². The Morgan fingerprint density at radius 3 is 2.57 bits per heavy atom. The van der Waals surface area contributed by atoms with E-state index in [-0.39, 0.29) is 23.3 Å². The van der Waals surface area contributed by atoms with Crippen molar-refractivity contribution in [1.82, 2.24) is 5.32 Å². The van der Waals surface area contributed by atoms with Crippen LogP contribution in [0.5, 0.6) is 5.75 Å². The Kier molecular flexibility index (Phi) is 5.23. The summed E-state index contributed by atoms with van der Waals surface area (Å²) in [5, 5.41) is 12.8. The normalized spacial score (nSPS) is 11.9. The van der Waals surface area contributed by atoms with Crippen LogP contribution < -0.4 is 5.32 Å². The van der Waals surface area contributed by atoms with E-state index in [0.717, 1.165) is 5.56 Å². The average molecular weight is 304 g/mol. The number of aromatic hydroxyl groups is 1. The molecular formula is C17H18ClNO2. The fraction of sp³-hybridized carbons (Fsp3) is 0.235. The van der Waals surface area contributed by atoms with Gasteiger partial charge < -0.3 is 10.4 Å². The number of hydrogen-bond donors (Lipinski definition) is 2. The number of carbonyl (C=O) groups excluding carboxylic acids is 1. The Balaban J connectivity index is 2.08. The van der Waals surface area contributed by atoms with Gasteiger partial charge in [-0.15, -0.1) is 11.6 Å². The summed E-state index contributed by atoms with van der Waals surface area (Å²) in [7, 11) is 0. The molecule has 110 valence electrons. The summed E-state index contributed by atoms with van der Waals surface area (Å²) in [6.45, 7) is 1.76. The number of nitrogens with one attached hydrogen (secondary N) is 1. The predicted octanol–water partition coefficient (Wildman–Crippen LogP) is 3.28. The quantitative estimate of drug-likeness (QED) is 0.833. The number of amides is 1. The summed E-state index contributed by atoms with van der Waals surface area (Å²) in [5.74, 6) is 0.0218. The molecule has 0 fully saturated rings. The van der Waals surface area contributed by atoms with Crippen molar-refractivity contribution in [2.24, 2.45) is 0 Å². The highest BCUT2D eigenvalue weighted by atomic mass is 35.5. The monoisotopic (exact) mass is 303 g/mol. The minimum absolute atomic E-state index is 0.0167. The maximum absolute atomic E-state index is 12.2. The molecule has 4 heteroatoms. The zero-order chi connectivity index (χ0) is 15.2. The van der Waals surface area contributed by atoms with Crippen LogP contribution in [0, 0.1) is 6.92 Å². The topological polar surface area (TPSA) is 49.3 Å². The summed E-state index contributed by atoms with van der Waals surface area (Å²) >= 11 is 5.94. The molecule has 2 N–H and O–H groups in total. The molecule has 0 aliphatic rings. The Morgan fingerprint density at radius 2 is 1.90 bits per heavy atom. The van der Waals surface area contributed by atoms with E-state index in [2.05, 4.69) is 5.32 Å². The second kappa shape index (κ2) is 7.14. The van der Waals surface area contributed by atoms with Crippen molar-refractivity contribution in [2.45, 2.75) is 19.4 Å². The standard InChI is InChI=1S/C17H18ClNO2/c1-12-6-5-9-15(16(12)20)17(21)19-14(11-18)10-13-7-3-2-4-8-13/h2-9,14,20H,10-11H2,1H3,(H,19,21). The second-order valence-electron chi connectivity index (χ2n) is 4.99. The molecule has 0 aliphatic heterocycles. The van der Waals surface area contributed by atoms with Gasteiger partial charge in [-0.25, -0.2) is 0 Å². The van der Waals surface area contributed by atoms with Crippen molar-refractivity contribution in [3.05, 3.63) is 65.2 Å². The number of rotatable bonds is 5. The molecule has 1 atom stereocenters. The highest BCUT2D eigenvalue weighted by molar-refractivity contribution is 6.18. The van der Waals surface area contributed by atoms with Gasteiger partial charge in [0.2, 0.25) is 0 Å². The van der Waals surface area contributed by atoms with E-state index in [9.17, 15) is 9.90 Å². The number of halogens is 1. The molecule has 2 aromatic rings. The third-order valence-corrected chi connectivity index (χ3v) is 3.70. The summed E-state index contributed by atoms with van der Waals surface area (Å²) in [6, 6.07) is 14.8. The Morgan fingerprint density at radius 1 is 1.19 bits per heavy atom. The molecule has 1 amide bonds. The van der Waals surface area contributed by atoms with Gasteiger partial charge in [-0.05, 0) is 30.5 Å². The zero-order valence-corrected chi connectivity index (χ0v) is 12.6. The molecular weight excluding hydrogens is 286 g/mol.